The molecule has 2 rings (SSSR count). The number of rotatable bonds is 5. The zero-order valence-corrected chi connectivity index (χ0v) is 9.95. The van der Waals surface area contributed by atoms with Crippen molar-refractivity contribution in [2.45, 2.75) is 6.42 Å². The minimum absolute atomic E-state index is 0.0814. The number of morpholine rings is 1. The summed E-state index contributed by atoms with van der Waals surface area (Å²) in [5, 5.41) is 2.93. The molecule has 5 nitrogen and oxygen atoms in total. The lowest BCUT2D eigenvalue weighted by Gasteiger charge is -2.26. The van der Waals surface area contributed by atoms with Crippen molar-refractivity contribution in [3.8, 4) is 0 Å². The van der Waals surface area contributed by atoms with Crippen LogP contribution in [0.4, 0.5) is 0 Å². The summed E-state index contributed by atoms with van der Waals surface area (Å²) in [5.74, 6) is 0.0814. The lowest BCUT2D eigenvalue weighted by atomic mass is 10.2. The van der Waals surface area contributed by atoms with E-state index in [9.17, 15) is 4.79 Å². The van der Waals surface area contributed by atoms with Crippen molar-refractivity contribution in [2.24, 2.45) is 0 Å². The number of carbonyl (C=O) groups is 1. The Morgan fingerprint density at radius 3 is 3.00 bits per heavy atom. The summed E-state index contributed by atoms with van der Waals surface area (Å²) in [6, 6.07) is 1.92. The Balaban J connectivity index is 1.59. The van der Waals surface area contributed by atoms with Gasteiger partial charge in [-0.05, 0) is 11.6 Å². The van der Waals surface area contributed by atoms with Gasteiger partial charge in [-0.15, -0.1) is 0 Å². The fourth-order valence-corrected chi connectivity index (χ4v) is 1.89. The lowest BCUT2D eigenvalue weighted by molar-refractivity contribution is -0.120. The van der Waals surface area contributed by atoms with Crippen LogP contribution in [0.1, 0.15) is 5.56 Å². The zero-order chi connectivity index (χ0) is 11.9. The number of aromatic nitrogens is 1. The Bertz CT molecular complexity index is 332. The second-order valence-corrected chi connectivity index (χ2v) is 4.20. The highest BCUT2D eigenvalue weighted by molar-refractivity contribution is 5.78. The van der Waals surface area contributed by atoms with Crippen molar-refractivity contribution >= 4 is 5.91 Å². The maximum Gasteiger partial charge on any atom is 0.224 e. The molecule has 5 heteroatoms. The lowest BCUT2D eigenvalue weighted by Crippen LogP contribution is -2.41. The molecule has 17 heavy (non-hydrogen) atoms. The highest BCUT2D eigenvalue weighted by Gasteiger charge is 2.10. The molecule has 0 saturated carbocycles. The standard InChI is InChI=1S/C12H19N3O2/c16-12(9-11-1-2-13-10-11)14-3-4-15-5-7-17-8-6-15/h1-2,10,13H,3-9H2,(H,14,16). The number of nitrogens with one attached hydrogen (secondary N) is 2. The van der Waals surface area contributed by atoms with Gasteiger partial charge >= 0.3 is 0 Å². The van der Waals surface area contributed by atoms with Crippen molar-refractivity contribution in [1.29, 1.82) is 0 Å². The fraction of sp³-hybridized carbons (Fsp3) is 0.583. The molecule has 0 unspecified atom stereocenters. The SMILES string of the molecule is O=C(Cc1cc[nH]c1)NCCN1CCOCC1. The van der Waals surface area contributed by atoms with Crippen molar-refractivity contribution in [3.05, 3.63) is 24.0 Å². The van der Waals surface area contributed by atoms with Gasteiger partial charge in [0.15, 0.2) is 0 Å². The van der Waals surface area contributed by atoms with Gasteiger partial charge in [-0.25, -0.2) is 0 Å². The second kappa shape index (κ2) is 6.42. The number of nitrogens with zero attached hydrogens (tertiary/aromatic N) is 1. The van der Waals surface area contributed by atoms with E-state index in [-0.39, 0.29) is 5.91 Å². The molecule has 1 aromatic rings. The van der Waals surface area contributed by atoms with Crippen LogP contribution in [0.5, 0.6) is 0 Å². The average Bonchev–Trinajstić information content (AvgIpc) is 2.83. The molecule has 94 valence electrons. The van der Waals surface area contributed by atoms with Gasteiger partial charge in [0.1, 0.15) is 0 Å². The smallest absolute Gasteiger partial charge is 0.224 e. The van der Waals surface area contributed by atoms with E-state index >= 15 is 0 Å². The number of hydrogen-bond donors (Lipinski definition) is 2. The molecule has 2 N–H and O–H groups in total. The largest absolute Gasteiger partial charge is 0.379 e. The molecule has 0 atom stereocenters. The molecule has 1 amide bonds. The first-order chi connectivity index (χ1) is 8.34. The highest BCUT2D eigenvalue weighted by Crippen LogP contribution is 1.98. The van der Waals surface area contributed by atoms with Crippen molar-refractivity contribution in [3.63, 3.8) is 0 Å². The highest BCUT2D eigenvalue weighted by atomic mass is 16.5. The Morgan fingerprint density at radius 1 is 1.47 bits per heavy atom. The number of ether oxygens (including phenoxy) is 1. The maximum absolute atomic E-state index is 11.6. The molecule has 0 radical (unpaired) electrons. The van der Waals surface area contributed by atoms with Crippen molar-refractivity contribution in [2.75, 3.05) is 39.4 Å². The predicted octanol–water partition coefficient (Wildman–Crippen LogP) is 0.00560. The third kappa shape index (κ3) is 4.20. The number of H-pyrrole nitrogens is 1. The molecule has 1 aliphatic heterocycles. The Kier molecular flexibility index (Phi) is 4.58. The number of amides is 1. The molecule has 1 aliphatic rings. The third-order valence-corrected chi connectivity index (χ3v) is 2.88. The molecule has 0 bridgehead atoms. The molecule has 1 saturated heterocycles. The first-order valence-corrected chi connectivity index (χ1v) is 6.03. The quantitative estimate of drug-likeness (QED) is 0.758. The van der Waals surface area contributed by atoms with Crippen LogP contribution in [0.2, 0.25) is 0 Å². The summed E-state index contributed by atoms with van der Waals surface area (Å²) in [5.41, 5.74) is 1.02. The Labute approximate surface area is 101 Å². The van der Waals surface area contributed by atoms with E-state index in [0.29, 0.717) is 13.0 Å². The average molecular weight is 237 g/mol. The van der Waals surface area contributed by atoms with Crippen LogP contribution in [-0.2, 0) is 16.0 Å². The van der Waals surface area contributed by atoms with Gasteiger partial charge in [0, 0.05) is 38.6 Å². The zero-order valence-electron chi connectivity index (χ0n) is 9.95. The summed E-state index contributed by atoms with van der Waals surface area (Å²) >= 11 is 0. The van der Waals surface area contributed by atoms with Gasteiger partial charge < -0.3 is 15.0 Å². The molecule has 0 spiro atoms. The van der Waals surface area contributed by atoms with Gasteiger partial charge in [-0.1, -0.05) is 0 Å². The normalized spacial score (nSPS) is 16.9. The van der Waals surface area contributed by atoms with Gasteiger partial charge in [0.2, 0.25) is 5.91 Å². The minimum Gasteiger partial charge on any atom is -0.379 e. The second-order valence-electron chi connectivity index (χ2n) is 4.20. The summed E-state index contributed by atoms with van der Waals surface area (Å²) in [6.07, 6.45) is 4.13. The molecular formula is C12H19N3O2. The van der Waals surface area contributed by atoms with Crippen LogP contribution >= 0.6 is 0 Å². The Morgan fingerprint density at radius 2 is 2.29 bits per heavy atom. The molecule has 2 heterocycles. The van der Waals surface area contributed by atoms with E-state index in [0.717, 1.165) is 38.4 Å². The maximum atomic E-state index is 11.6. The fourth-order valence-electron chi connectivity index (χ4n) is 1.89. The topological polar surface area (TPSA) is 57.4 Å². The van der Waals surface area contributed by atoms with Crippen LogP contribution in [0.3, 0.4) is 0 Å². The van der Waals surface area contributed by atoms with E-state index in [1.165, 1.54) is 0 Å². The van der Waals surface area contributed by atoms with Crippen molar-refractivity contribution in [1.82, 2.24) is 15.2 Å². The van der Waals surface area contributed by atoms with Crippen molar-refractivity contribution < 1.29 is 9.53 Å². The number of carbonyl (C=O) groups excluding carboxylic acids is 1. The first-order valence-electron chi connectivity index (χ1n) is 6.03. The van der Waals surface area contributed by atoms with Gasteiger partial charge in [-0.3, -0.25) is 9.69 Å². The molecule has 1 fully saturated rings. The van der Waals surface area contributed by atoms with Crippen LogP contribution in [0.15, 0.2) is 18.5 Å². The van der Waals surface area contributed by atoms with Gasteiger partial charge in [0.25, 0.3) is 0 Å². The molecule has 0 aromatic carbocycles. The third-order valence-electron chi connectivity index (χ3n) is 2.88. The van der Waals surface area contributed by atoms with E-state index in [2.05, 4.69) is 15.2 Å². The minimum atomic E-state index is 0.0814. The van der Waals surface area contributed by atoms with Crippen LogP contribution in [0, 0.1) is 0 Å². The Hall–Kier alpha value is -1.33. The van der Waals surface area contributed by atoms with Crippen LogP contribution in [-0.4, -0.2) is 55.2 Å². The van der Waals surface area contributed by atoms with Gasteiger partial charge in [-0.2, -0.15) is 0 Å². The molecular weight excluding hydrogens is 218 g/mol. The monoisotopic (exact) mass is 237 g/mol. The van der Waals surface area contributed by atoms with Gasteiger partial charge in [0.05, 0.1) is 19.6 Å². The van der Waals surface area contributed by atoms with Crippen LogP contribution in [0.25, 0.3) is 0 Å². The summed E-state index contributed by atoms with van der Waals surface area (Å²) in [6.45, 7) is 5.15. The predicted molar refractivity (Wildman–Crippen MR) is 64.8 cm³/mol. The number of aromatic amines is 1. The molecule has 0 aliphatic carbocycles. The van der Waals surface area contributed by atoms with E-state index in [1.54, 1.807) is 0 Å². The van der Waals surface area contributed by atoms with E-state index in [4.69, 9.17) is 4.74 Å². The molecule has 1 aromatic heterocycles. The summed E-state index contributed by atoms with van der Waals surface area (Å²) in [7, 11) is 0. The van der Waals surface area contributed by atoms with E-state index < -0.39 is 0 Å². The summed E-state index contributed by atoms with van der Waals surface area (Å²) in [4.78, 5) is 16.8. The number of hydrogen-bond acceptors (Lipinski definition) is 3. The first kappa shape index (κ1) is 12.1. The van der Waals surface area contributed by atoms with Crippen LogP contribution < -0.4 is 5.32 Å². The summed E-state index contributed by atoms with van der Waals surface area (Å²) < 4.78 is 5.26. The van der Waals surface area contributed by atoms with E-state index in [1.807, 2.05) is 18.5 Å².